The van der Waals surface area contributed by atoms with Gasteiger partial charge in [-0.1, -0.05) is 12.1 Å². The SMILES string of the molecule is Cc1cc(=O)n(Cc2ccc(C#N)cc2)c(C)c1C(=O)O. The summed E-state index contributed by atoms with van der Waals surface area (Å²) in [4.78, 5) is 23.4. The Morgan fingerprint density at radius 1 is 1.29 bits per heavy atom. The fourth-order valence-corrected chi connectivity index (χ4v) is 2.31. The minimum atomic E-state index is -1.04. The van der Waals surface area contributed by atoms with Crippen molar-refractivity contribution >= 4 is 5.97 Å². The number of hydrogen-bond acceptors (Lipinski definition) is 3. The highest BCUT2D eigenvalue weighted by Gasteiger charge is 2.15. The van der Waals surface area contributed by atoms with Gasteiger partial charge in [-0.2, -0.15) is 5.26 Å². The Hall–Kier alpha value is -2.87. The molecule has 0 bridgehead atoms. The molecule has 0 spiro atoms. The predicted molar refractivity (Wildman–Crippen MR) is 77.4 cm³/mol. The van der Waals surface area contributed by atoms with E-state index in [1.54, 1.807) is 38.1 Å². The lowest BCUT2D eigenvalue weighted by Crippen LogP contribution is -2.26. The molecule has 0 saturated carbocycles. The summed E-state index contributed by atoms with van der Waals surface area (Å²) in [6.07, 6.45) is 0. The molecule has 2 rings (SSSR count). The Morgan fingerprint density at radius 3 is 2.43 bits per heavy atom. The normalized spacial score (nSPS) is 10.1. The lowest BCUT2D eigenvalue weighted by Gasteiger charge is -2.14. The number of carbonyl (C=O) groups is 1. The van der Waals surface area contributed by atoms with E-state index in [0.717, 1.165) is 5.56 Å². The van der Waals surface area contributed by atoms with Crippen molar-refractivity contribution in [1.82, 2.24) is 4.57 Å². The molecule has 21 heavy (non-hydrogen) atoms. The van der Waals surface area contributed by atoms with Crippen LogP contribution in [0.25, 0.3) is 0 Å². The van der Waals surface area contributed by atoms with Crippen LogP contribution in [-0.4, -0.2) is 15.6 Å². The first-order valence-electron chi connectivity index (χ1n) is 6.37. The maximum absolute atomic E-state index is 12.1. The summed E-state index contributed by atoms with van der Waals surface area (Å²) >= 11 is 0. The molecule has 0 aliphatic carbocycles. The smallest absolute Gasteiger partial charge is 0.337 e. The van der Waals surface area contributed by atoms with Gasteiger partial charge in [0.05, 0.1) is 23.7 Å². The van der Waals surface area contributed by atoms with Crippen LogP contribution < -0.4 is 5.56 Å². The van der Waals surface area contributed by atoms with E-state index in [2.05, 4.69) is 0 Å². The second-order valence-electron chi connectivity index (χ2n) is 4.83. The zero-order chi connectivity index (χ0) is 15.6. The van der Waals surface area contributed by atoms with Crippen LogP contribution in [0.15, 0.2) is 35.1 Å². The average molecular weight is 282 g/mol. The van der Waals surface area contributed by atoms with Gasteiger partial charge in [0.1, 0.15) is 0 Å². The number of pyridine rings is 1. The van der Waals surface area contributed by atoms with Gasteiger partial charge in [0.2, 0.25) is 0 Å². The van der Waals surface area contributed by atoms with Crippen LogP contribution in [0.2, 0.25) is 0 Å². The number of benzene rings is 1. The molecule has 2 aromatic rings. The van der Waals surface area contributed by atoms with Crippen LogP contribution in [-0.2, 0) is 6.54 Å². The van der Waals surface area contributed by atoms with Crippen molar-refractivity contribution in [3.05, 3.63) is 68.6 Å². The Balaban J connectivity index is 2.49. The van der Waals surface area contributed by atoms with E-state index in [1.165, 1.54) is 10.6 Å². The van der Waals surface area contributed by atoms with Crippen LogP contribution in [0.5, 0.6) is 0 Å². The number of rotatable bonds is 3. The lowest BCUT2D eigenvalue weighted by atomic mass is 10.1. The molecule has 0 amide bonds. The van der Waals surface area contributed by atoms with Crippen LogP contribution in [0, 0.1) is 25.2 Å². The highest BCUT2D eigenvalue weighted by Crippen LogP contribution is 2.13. The molecule has 0 radical (unpaired) electrons. The molecule has 1 N–H and O–H groups in total. The van der Waals surface area contributed by atoms with Crippen molar-refractivity contribution in [2.24, 2.45) is 0 Å². The van der Waals surface area contributed by atoms with Gasteiger partial charge in [-0.3, -0.25) is 4.79 Å². The van der Waals surface area contributed by atoms with Crippen molar-refractivity contribution in [2.75, 3.05) is 0 Å². The molecular formula is C16H14N2O3. The number of nitrogens with zero attached hydrogens (tertiary/aromatic N) is 2. The maximum Gasteiger partial charge on any atom is 0.337 e. The lowest BCUT2D eigenvalue weighted by molar-refractivity contribution is 0.0694. The third-order valence-electron chi connectivity index (χ3n) is 3.40. The van der Waals surface area contributed by atoms with E-state index in [-0.39, 0.29) is 17.7 Å². The summed E-state index contributed by atoms with van der Waals surface area (Å²) in [5.74, 6) is -1.04. The molecule has 0 aliphatic rings. The molecule has 1 aromatic carbocycles. The molecule has 5 heteroatoms. The van der Waals surface area contributed by atoms with Gasteiger partial charge >= 0.3 is 5.97 Å². The van der Waals surface area contributed by atoms with Crippen molar-refractivity contribution in [3.8, 4) is 6.07 Å². The summed E-state index contributed by atoms with van der Waals surface area (Å²) in [5, 5.41) is 18.0. The monoisotopic (exact) mass is 282 g/mol. The Labute approximate surface area is 121 Å². The highest BCUT2D eigenvalue weighted by atomic mass is 16.4. The third kappa shape index (κ3) is 2.84. The molecule has 1 aromatic heterocycles. The molecule has 5 nitrogen and oxygen atoms in total. The van der Waals surface area contributed by atoms with Crippen LogP contribution >= 0.6 is 0 Å². The average Bonchev–Trinajstić information content (AvgIpc) is 2.43. The largest absolute Gasteiger partial charge is 0.478 e. The molecule has 0 aliphatic heterocycles. The fourth-order valence-electron chi connectivity index (χ4n) is 2.31. The van der Waals surface area contributed by atoms with E-state index < -0.39 is 5.97 Å². The summed E-state index contributed by atoms with van der Waals surface area (Å²) in [6, 6.07) is 10.2. The summed E-state index contributed by atoms with van der Waals surface area (Å²) in [5.41, 5.74) is 2.18. The predicted octanol–water partition coefficient (Wildman–Crippen LogP) is 2.08. The summed E-state index contributed by atoms with van der Waals surface area (Å²) in [6.45, 7) is 3.52. The van der Waals surface area contributed by atoms with Crippen LogP contribution in [0.3, 0.4) is 0 Å². The minimum absolute atomic E-state index is 0.156. The molecule has 1 heterocycles. The van der Waals surface area contributed by atoms with E-state index in [1.807, 2.05) is 6.07 Å². The van der Waals surface area contributed by atoms with Gasteiger partial charge in [-0.25, -0.2) is 4.79 Å². The van der Waals surface area contributed by atoms with Gasteiger partial charge < -0.3 is 9.67 Å². The van der Waals surface area contributed by atoms with Gasteiger partial charge in [0.15, 0.2) is 0 Å². The number of hydrogen-bond donors (Lipinski definition) is 1. The topological polar surface area (TPSA) is 83.1 Å². The first-order valence-corrected chi connectivity index (χ1v) is 6.37. The first kappa shape index (κ1) is 14.5. The highest BCUT2D eigenvalue weighted by molar-refractivity contribution is 5.90. The van der Waals surface area contributed by atoms with E-state index >= 15 is 0 Å². The number of aryl methyl sites for hydroxylation is 1. The van der Waals surface area contributed by atoms with E-state index in [9.17, 15) is 14.7 Å². The number of aromatic carboxylic acids is 1. The molecule has 0 atom stereocenters. The Kier molecular flexibility index (Phi) is 3.90. The van der Waals surface area contributed by atoms with Crippen molar-refractivity contribution in [3.63, 3.8) is 0 Å². The first-order chi connectivity index (χ1) is 9.93. The van der Waals surface area contributed by atoms with Crippen molar-refractivity contribution in [2.45, 2.75) is 20.4 Å². The zero-order valence-corrected chi connectivity index (χ0v) is 11.8. The Morgan fingerprint density at radius 2 is 1.90 bits per heavy atom. The van der Waals surface area contributed by atoms with Crippen LogP contribution in [0.4, 0.5) is 0 Å². The second kappa shape index (κ2) is 5.63. The summed E-state index contributed by atoms with van der Waals surface area (Å²) in [7, 11) is 0. The van der Waals surface area contributed by atoms with Crippen molar-refractivity contribution in [1.29, 1.82) is 5.26 Å². The zero-order valence-electron chi connectivity index (χ0n) is 11.8. The molecular weight excluding hydrogens is 268 g/mol. The molecule has 106 valence electrons. The van der Waals surface area contributed by atoms with Gasteiger partial charge in [-0.15, -0.1) is 0 Å². The molecule has 0 saturated heterocycles. The van der Waals surface area contributed by atoms with Gasteiger partial charge in [0, 0.05) is 11.8 Å². The number of nitriles is 1. The van der Waals surface area contributed by atoms with Gasteiger partial charge in [-0.05, 0) is 37.1 Å². The number of carboxylic acid groups (broad SMARTS) is 1. The number of carboxylic acids is 1. The third-order valence-corrected chi connectivity index (χ3v) is 3.40. The van der Waals surface area contributed by atoms with E-state index in [0.29, 0.717) is 16.8 Å². The molecule has 0 unspecified atom stereocenters. The maximum atomic E-state index is 12.1. The van der Waals surface area contributed by atoms with E-state index in [4.69, 9.17) is 5.26 Å². The van der Waals surface area contributed by atoms with Crippen molar-refractivity contribution < 1.29 is 9.90 Å². The minimum Gasteiger partial charge on any atom is -0.478 e. The van der Waals surface area contributed by atoms with Gasteiger partial charge in [0.25, 0.3) is 5.56 Å². The fraction of sp³-hybridized carbons (Fsp3) is 0.188. The Bertz CT molecular complexity index is 796. The van der Waals surface area contributed by atoms with Crippen LogP contribution in [0.1, 0.15) is 32.7 Å². The standard InChI is InChI=1S/C16H14N2O3/c1-10-7-14(19)18(11(2)15(10)16(20)21)9-13-5-3-12(8-17)4-6-13/h3-7H,9H2,1-2H3,(H,20,21). The number of aromatic nitrogens is 1. The quantitative estimate of drug-likeness (QED) is 0.934. The molecule has 0 fully saturated rings. The second-order valence-corrected chi connectivity index (χ2v) is 4.83. The summed E-state index contributed by atoms with van der Waals surface area (Å²) < 4.78 is 1.43.